The van der Waals surface area contributed by atoms with E-state index in [1.54, 1.807) is 19.0 Å². The van der Waals surface area contributed by atoms with Gasteiger partial charge in [0.05, 0.1) is 24.5 Å². The van der Waals surface area contributed by atoms with Crippen molar-refractivity contribution < 1.29 is 32.6 Å². The summed E-state index contributed by atoms with van der Waals surface area (Å²) < 4.78 is 39.6. The van der Waals surface area contributed by atoms with Crippen molar-refractivity contribution in [2.75, 3.05) is 27.2 Å². The van der Waals surface area contributed by atoms with E-state index in [1.807, 2.05) is 6.20 Å². The Labute approximate surface area is 173 Å². The van der Waals surface area contributed by atoms with Crippen LogP contribution in [-0.2, 0) is 27.5 Å². The van der Waals surface area contributed by atoms with Crippen LogP contribution in [-0.4, -0.2) is 75.8 Å². The number of carbonyl (C=O) groups excluding carboxylic acids is 1. The molecule has 1 aliphatic carbocycles. The molecular weight excluding hydrogens is 405 g/mol. The maximum atomic E-state index is 11.6. The first kappa shape index (κ1) is 24.1. The molecule has 1 fully saturated rings. The second-order valence-corrected chi connectivity index (χ2v) is 7.70. The molecule has 1 saturated carbocycles. The first-order valence-electron chi connectivity index (χ1n) is 9.90. The summed E-state index contributed by atoms with van der Waals surface area (Å²) in [5.74, 6) is -1.63. The Kier molecular flexibility index (Phi) is 8.25. The summed E-state index contributed by atoms with van der Waals surface area (Å²) in [6, 6.07) is 1.09. The minimum absolute atomic E-state index is 0.0100. The number of halogens is 3. The molecule has 1 aliphatic heterocycles. The summed E-state index contributed by atoms with van der Waals surface area (Å²) in [5.41, 5.74) is 1.07. The fourth-order valence-corrected chi connectivity index (χ4v) is 3.80. The summed E-state index contributed by atoms with van der Waals surface area (Å²) in [5, 5.41) is 7.12. The highest BCUT2D eigenvalue weighted by molar-refractivity contribution is 5.76. The van der Waals surface area contributed by atoms with Gasteiger partial charge in [0.25, 0.3) is 0 Å². The van der Waals surface area contributed by atoms with Gasteiger partial charge in [-0.3, -0.25) is 9.69 Å². The minimum atomic E-state index is -5.08. The molecule has 0 bridgehead atoms. The Morgan fingerprint density at radius 1 is 1.27 bits per heavy atom. The number of carbonyl (C=O) groups is 2. The molecule has 0 saturated heterocycles. The number of fused-ring (bicyclic) bond motifs is 1. The Morgan fingerprint density at radius 3 is 2.40 bits per heavy atom. The number of carboxylic acid groups (broad SMARTS) is 1. The first-order chi connectivity index (χ1) is 14.0. The van der Waals surface area contributed by atoms with Crippen LogP contribution in [0.4, 0.5) is 13.2 Å². The zero-order valence-corrected chi connectivity index (χ0v) is 17.5. The van der Waals surface area contributed by atoms with Crippen molar-refractivity contribution >= 4 is 11.9 Å². The van der Waals surface area contributed by atoms with Crippen molar-refractivity contribution in [3.8, 4) is 0 Å². The number of rotatable bonds is 5. The molecule has 2 heterocycles. The number of ether oxygens (including phenoxy) is 1. The largest absolute Gasteiger partial charge is 0.490 e. The molecule has 1 unspecified atom stereocenters. The van der Waals surface area contributed by atoms with Crippen LogP contribution in [0.3, 0.4) is 0 Å². The predicted molar refractivity (Wildman–Crippen MR) is 102 cm³/mol. The lowest BCUT2D eigenvalue weighted by atomic mass is 10.1. The summed E-state index contributed by atoms with van der Waals surface area (Å²) in [6.45, 7) is 4.88. The van der Waals surface area contributed by atoms with Gasteiger partial charge in [-0.2, -0.15) is 13.2 Å². The van der Waals surface area contributed by atoms with E-state index < -0.39 is 12.1 Å². The van der Waals surface area contributed by atoms with E-state index in [2.05, 4.69) is 21.4 Å². The molecule has 1 N–H and O–H groups in total. The topological polar surface area (TPSA) is 87.9 Å². The quantitative estimate of drug-likeness (QED) is 0.766. The summed E-state index contributed by atoms with van der Waals surface area (Å²) in [7, 11) is 3.48. The van der Waals surface area contributed by atoms with Crippen molar-refractivity contribution in [3.05, 3.63) is 17.7 Å². The number of carboxylic acids is 1. The monoisotopic (exact) mass is 434 g/mol. The zero-order chi connectivity index (χ0) is 22.5. The number of imidazole rings is 1. The van der Waals surface area contributed by atoms with Crippen LogP contribution in [0.15, 0.2) is 6.20 Å². The lowest BCUT2D eigenvalue weighted by Gasteiger charge is -2.38. The van der Waals surface area contributed by atoms with Gasteiger partial charge in [-0.1, -0.05) is 12.8 Å². The van der Waals surface area contributed by atoms with E-state index in [4.69, 9.17) is 14.6 Å². The smallest absolute Gasteiger partial charge is 0.475 e. The molecule has 0 aromatic carbocycles. The summed E-state index contributed by atoms with van der Waals surface area (Å²) >= 11 is 0. The maximum Gasteiger partial charge on any atom is 0.490 e. The van der Waals surface area contributed by atoms with Gasteiger partial charge < -0.3 is 19.3 Å². The molecule has 8 nitrogen and oxygen atoms in total. The number of aromatic nitrogens is 2. The van der Waals surface area contributed by atoms with Crippen molar-refractivity contribution in [3.63, 3.8) is 0 Å². The van der Waals surface area contributed by atoms with Crippen molar-refractivity contribution in [2.24, 2.45) is 0 Å². The Hall–Kier alpha value is -2.14. The first-order valence-corrected chi connectivity index (χ1v) is 9.90. The molecule has 1 atom stereocenters. The molecule has 1 amide bonds. The maximum absolute atomic E-state index is 11.6. The number of alkyl halides is 3. The summed E-state index contributed by atoms with van der Waals surface area (Å²) in [4.78, 5) is 29.3. The molecule has 2 aliphatic rings. The molecule has 170 valence electrons. The Balaban J connectivity index is 0.000000396. The standard InChI is InChI=1S/C17H28N4O2.C2HF3O2/c1-13-17-18-10-15(11-23-12-16(22)19(2)3)21(17)9-8-20(13)14-6-4-5-7-14;3-2(4,5)1(6)7/h10,13-14H,4-9,11-12H2,1-3H3;(H,6,7). The van der Waals surface area contributed by atoms with E-state index in [0.29, 0.717) is 12.6 Å². The average molecular weight is 434 g/mol. The highest BCUT2D eigenvalue weighted by Gasteiger charge is 2.38. The number of likely N-dealkylation sites (N-methyl/N-ethyl adjacent to an activating group) is 1. The SMILES string of the molecule is CC1c2ncc(COCC(=O)N(C)C)n2CCN1C1CCCC1.O=C(O)C(F)(F)F. The highest BCUT2D eigenvalue weighted by atomic mass is 19.4. The van der Waals surface area contributed by atoms with Crippen molar-refractivity contribution in [2.45, 2.75) is 64.0 Å². The van der Waals surface area contributed by atoms with Crippen LogP contribution in [0.2, 0.25) is 0 Å². The molecular formula is C19H29F3N4O4. The third-order valence-electron chi connectivity index (χ3n) is 5.43. The van der Waals surface area contributed by atoms with E-state index >= 15 is 0 Å². The molecule has 0 spiro atoms. The van der Waals surface area contributed by atoms with Gasteiger partial charge in [0.15, 0.2) is 0 Å². The second-order valence-electron chi connectivity index (χ2n) is 7.70. The van der Waals surface area contributed by atoms with Gasteiger partial charge in [-0.25, -0.2) is 9.78 Å². The number of aliphatic carboxylic acids is 1. The number of amides is 1. The summed E-state index contributed by atoms with van der Waals surface area (Å²) in [6.07, 6.45) is 2.20. The minimum Gasteiger partial charge on any atom is -0.475 e. The van der Waals surface area contributed by atoms with Gasteiger partial charge in [0.1, 0.15) is 12.4 Å². The van der Waals surface area contributed by atoms with E-state index in [9.17, 15) is 18.0 Å². The second kappa shape index (κ2) is 10.3. The third-order valence-corrected chi connectivity index (χ3v) is 5.43. The molecule has 1 aromatic rings. The number of nitrogens with zero attached hydrogens (tertiary/aromatic N) is 4. The van der Waals surface area contributed by atoms with Crippen LogP contribution < -0.4 is 0 Å². The molecule has 1 aromatic heterocycles. The van der Waals surface area contributed by atoms with Crippen molar-refractivity contribution in [1.82, 2.24) is 19.4 Å². The van der Waals surface area contributed by atoms with E-state index in [1.165, 1.54) is 25.7 Å². The zero-order valence-electron chi connectivity index (χ0n) is 17.5. The van der Waals surface area contributed by atoms with E-state index in [-0.39, 0.29) is 12.5 Å². The molecule has 3 rings (SSSR count). The molecule has 11 heteroatoms. The third kappa shape index (κ3) is 6.18. The van der Waals surface area contributed by atoms with Gasteiger partial charge in [-0.05, 0) is 19.8 Å². The van der Waals surface area contributed by atoms with Crippen LogP contribution in [0, 0.1) is 0 Å². The lowest BCUT2D eigenvalue weighted by molar-refractivity contribution is -0.192. The van der Waals surface area contributed by atoms with Crippen LogP contribution in [0.25, 0.3) is 0 Å². The predicted octanol–water partition coefficient (Wildman–Crippen LogP) is 2.44. The Morgan fingerprint density at radius 2 is 1.87 bits per heavy atom. The van der Waals surface area contributed by atoms with Gasteiger partial charge in [0.2, 0.25) is 5.91 Å². The average Bonchev–Trinajstić information content (AvgIpc) is 3.32. The number of hydrogen-bond donors (Lipinski definition) is 1. The van der Waals surface area contributed by atoms with Crippen LogP contribution >= 0.6 is 0 Å². The lowest BCUT2D eigenvalue weighted by Crippen LogP contribution is -2.43. The Bertz CT molecular complexity index is 730. The normalized spacial score (nSPS) is 19.7. The van der Waals surface area contributed by atoms with Crippen LogP contribution in [0.1, 0.15) is 50.2 Å². The van der Waals surface area contributed by atoms with Crippen molar-refractivity contribution in [1.29, 1.82) is 0 Å². The molecule has 30 heavy (non-hydrogen) atoms. The fraction of sp³-hybridized carbons (Fsp3) is 0.737. The van der Waals surface area contributed by atoms with Gasteiger partial charge in [0, 0.05) is 33.2 Å². The van der Waals surface area contributed by atoms with Gasteiger partial charge in [-0.15, -0.1) is 0 Å². The van der Waals surface area contributed by atoms with Gasteiger partial charge >= 0.3 is 12.1 Å². The van der Waals surface area contributed by atoms with E-state index in [0.717, 1.165) is 30.6 Å². The van der Waals surface area contributed by atoms with Crippen LogP contribution in [0.5, 0.6) is 0 Å². The molecule has 0 radical (unpaired) electrons. The highest BCUT2D eigenvalue weighted by Crippen LogP contribution is 2.33. The number of hydrogen-bond acceptors (Lipinski definition) is 5. The fourth-order valence-electron chi connectivity index (χ4n) is 3.80.